The van der Waals surface area contributed by atoms with Crippen LogP contribution < -0.4 is 14.9 Å². The zero-order valence-corrected chi connectivity index (χ0v) is 34.7. The number of esters is 3. The number of ether oxygens (including phenoxy) is 4. The highest BCUT2D eigenvalue weighted by molar-refractivity contribution is 7.52. The van der Waals surface area contributed by atoms with E-state index in [2.05, 4.69) is 26.6 Å². The largest absolute Gasteiger partial charge is 0.464 e. The lowest BCUT2D eigenvalue weighted by Crippen LogP contribution is -2.47. The highest BCUT2D eigenvalue weighted by Gasteiger charge is 2.63. The summed E-state index contributed by atoms with van der Waals surface area (Å²) >= 11 is 0. The Hall–Kier alpha value is -4.88. The molecule has 3 heterocycles. The number of nitriles is 1. The predicted molar refractivity (Wildman–Crippen MR) is 206 cm³/mol. The number of aromatic nitrogens is 3. The minimum absolute atomic E-state index is 0.0350. The maximum Gasteiger partial charge on any atom is 0.459 e. The fourth-order valence-corrected chi connectivity index (χ4v) is 7.20. The molecule has 18 heteroatoms. The summed E-state index contributed by atoms with van der Waals surface area (Å²) in [5.74, 6) is -3.79. The van der Waals surface area contributed by atoms with Crippen LogP contribution in [0, 0.1) is 35.0 Å². The highest BCUT2D eigenvalue weighted by atomic mass is 31.2. The number of fused-ring (bicyclic) bond motifs is 1. The van der Waals surface area contributed by atoms with Crippen LogP contribution in [-0.2, 0) is 52.8 Å². The van der Waals surface area contributed by atoms with Crippen LogP contribution in [0.25, 0.3) is 5.52 Å². The van der Waals surface area contributed by atoms with E-state index in [0.717, 1.165) is 19.2 Å². The number of rotatable bonds is 19. The Labute approximate surface area is 332 Å². The fraction of sp³-hybridized carbons (Fsp3) is 0.564. The number of hydrogen-bond donors (Lipinski definition) is 2. The van der Waals surface area contributed by atoms with Crippen molar-refractivity contribution >= 4 is 42.9 Å². The summed E-state index contributed by atoms with van der Waals surface area (Å²) in [6, 6.07) is 12.1. The molecule has 0 radical (unpaired) electrons. The Morgan fingerprint density at radius 2 is 1.58 bits per heavy atom. The number of para-hydroxylation sites is 1. The lowest BCUT2D eigenvalue weighted by Gasteiger charge is -2.29. The first-order chi connectivity index (χ1) is 27.0. The van der Waals surface area contributed by atoms with Gasteiger partial charge in [0.05, 0.1) is 30.7 Å². The Morgan fingerprint density at radius 3 is 2.18 bits per heavy atom. The summed E-state index contributed by atoms with van der Waals surface area (Å²) < 4.78 is 51.6. The molecule has 6 atom stereocenters. The first-order valence-corrected chi connectivity index (χ1v) is 20.6. The first-order valence-electron chi connectivity index (χ1n) is 19.1. The molecule has 2 aromatic heterocycles. The monoisotopic (exact) mass is 812 g/mol. The number of benzene rings is 1. The van der Waals surface area contributed by atoms with Gasteiger partial charge in [0.2, 0.25) is 11.5 Å². The maximum absolute atomic E-state index is 14.6. The smallest absolute Gasteiger partial charge is 0.459 e. The van der Waals surface area contributed by atoms with Gasteiger partial charge in [-0.3, -0.25) is 23.7 Å². The van der Waals surface area contributed by atoms with Crippen molar-refractivity contribution in [1.29, 1.82) is 5.26 Å². The molecule has 4 rings (SSSR count). The molecule has 17 nitrogen and oxygen atoms in total. The van der Waals surface area contributed by atoms with Crippen molar-refractivity contribution in [3.8, 4) is 11.8 Å². The zero-order valence-electron chi connectivity index (χ0n) is 33.8. The van der Waals surface area contributed by atoms with Gasteiger partial charge in [0.1, 0.15) is 35.8 Å². The third-order valence-electron chi connectivity index (χ3n) is 9.30. The second kappa shape index (κ2) is 19.5. The van der Waals surface area contributed by atoms with Gasteiger partial charge < -0.3 is 28.8 Å². The van der Waals surface area contributed by atoms with Gasteiger partial charge in [-0.15, -0.1) is 0 Å². The number of carbonyl (C=O) groups is 4. The number of hydrogen-bond acceptors (Lipinski definition) is 14. The third kappa shape index (κ3) is 10.7. The SMILES string of the molecule is CCC(CC)COC(=O)[C@H](C)N[P@](=O)(OC[C@H]1O[C@@](C#N)(c2ccc3c(NC(=O)C(C)C)ncnn23)[C@H](OC(=O)C(C)C)[C@@H]1OC(=O)C(C)C)Oc1ccccc1. The van der Waals surface area contributed by atoms with Crippen molar-refractivity contribution in [1.82, 2.24) is 19.7 Å². The van der Waals surface area contributed by atoms with Crippen molar-refractivity contribution in [2.24, 2.45) is 23.7 Å². The molecule has 2 N–H and O–H groups in total. The fourth-order valence-electron chi connectivity index (χ4n) is 5.69. The molecular formula is C39H53N6O11P. The average molecular weight is 813 g/mol. The summed E-state index contributed by atoms with van der Waals surface area (Å²) in [6.45, 7) is 14.7. The minimum atomic E-state index is -4.51. The zero-order chi connectivity index (χ0) is 42.1. The van der Waals surface area contributed by atoms with E-state index in [1.54, 1.807) is 65.8 Å². The molecule has 1 aromatic carbocycles. The van der Waals surface area contributed by atoms with E-state index in [9.17, 15) is 29.0 Å². The van der Waals surface area contributed by atoms with Crippen LogP contribution in [-0.4, -0.2) is 76.0 Å². The topological polar surface area (TPSA) is 219 Å². The van der Waals surface area contributed by atoms with Crippen molar-refractivity contribution in [2.45, 2.75) is 105 Å². The lowest BCUT2D eigenvalue weighted by molar-refractivity contribution is -0.173. The van der Waals surface area contributed by atoms with Crippen LogP contribution in [0.15, 0.2) is 48.8 Å². The van der Waals surface area contributed by atoms with Crippen LogP contribution >= 0.6 is 7.75 Å². The average Bonchev–Trinajstić information content (AvgIpc) is 3.74. The van der Waals surface area contributed by atoms with Crippen LogP contribution in [0.3, 0.4) is 0 Å². The first kappa shape index (κ1) is 44.8. The van der Waals surface area contributed by atoms with E-state index < -0.39 is 74.1 Å². The summed E-state index contributed by atoms with van der Waals surface area (Å²) in [4.78, 5) is 56.5. The molecule has 1 saturated heterocycles. The van der Waals surface area contributed by atoms with Crippen LogP contribution in [0.1, 0.15) is 80.8 Å². The molecule has 57 heavy (non-hydrogen) atoms. The Morgan fingerprint density at radius 1 is 0.930 bits per heavy atom. The van der Waals surface area contributed by atoms with Crippen molar-refractivity contribution in [2.75, 3.05) is 18.5 Å². The van der Waals surface area contributed by atoms with Gasteiger partial charge in [-0.25, -0.2) is 14.1 Å². The molecule has 1 aliphatic rings. The molecule has 1 amide bonds. The molecule has 3 aromatic rings. The van der Waals surface area contributed by atoms with Gasteiger partial charge in [-0.2, -0.15) is 15.4 Å². The van der Waals surface area contributed by atoms with E-state index in [0.29, 0.717) is 0 Å². The number of amides is 1. The minimum Gasteiger partial charge on any atom is -0.464 e. The maximum atomic E-state index is 14.6. The molecule has 0 spiro atoms. The quantitative estimate of drug-likeness (QED) is 0.0838. The Kier molecular flexibility index (Phi) is 15.3. The second-order valence-corrected chi connectivity index (χ2v) is 16.4. The summed E-state index contributed by atoms with van der Waals surface area (Å²) in [5, 5.41) is 20.7. The van der Waals surface area contributed by atoms with Gasteiger partial charge in [0, 0.05) is 5.92 Å². The molecule has 310 valence electrons. The van der Waals surface area contributed by atoms with E-state index in [4.69, 9.17) is 28.0 Å². The number of carbonyl (C=O) groups excluding carboxylic acids is 4. The van der Waals surface area contributed by atoms with E-state index in [1.807, 2.05) is 13.8 Å². The van der Waals surface area contributed by atoms with Gasteiger partial charge >= 0.3 is 25.7 Å². The number of nitrogens with zero attached hydrogens (tertiary/aromatic N) is 4. The van der Waals surface area contributed by atoms with E-state index >= 15 is 0 Å². The molecule has 0 saturated carbocycles. The van der Waals surface area contributed by atoms with E-state index in [1.165, 1.54) is 29.6 Å². The van der Waals surface area contributed by atoms with Gasteiger partial charge in [0.25, 0.3) is 0 Å². The summed E-state index contributed by atoms with van der Waals surface area (Å²) in [5.41, 5.74) is -1.92. The predicted octanol–water partition coefficient (Wildman–Crippen LogP) is 5.74. The molecular weight excluding hydrogens is 759 g/mol. The van der Waals surface area contributed by atoms with Crippen molar-refractivity contribution in [3.05, 3.63) is 54.5 Å². The molecule has 0 aliphatic carbocycles. The Balaban J connectivity index is 1.79. The normalized spacial score (nSPS) is 20.9. The molecule has 0 bridgehead atoms. The lowest BCUT2D eigenvalue weighted by atomic mass is 9.92. The standard InChI is InChI=1S/C39H53N6O11P/c1-10-27(11-2)19-51-38(49)26(9)44-57(50,56-28-15-13-12-14-16-28)52-20-30-32(53-36(47)24(5)6)33(54-37(48)25(7)8)39(21-40,55-30)31-18-17-29-34(41-22-42-45(29)31)43-35(46)23(3)4/h12-18,22-27,30,32-33H,10-11,19-20H2,1-9H3,(H,44,50)(H,41,42,43,46)/t26-,30+,32+,33+,39-,57-/m0/s1. The van der Waals surface area contributed by atoms with E-state index in [-0.39, 0.29) is 47.1 Å². The van der Waals surface area contributed by atoms with Crippen LogP contribution in [0.2, 0.25) is 0 Å². The summed E-state index contributed by atoms with van der Waals surface area (Å²) in [6.07, 6.45) is -1.81. The Bertz CT molecular complexity index is 1960. The summed E-state index contributed by atoms with van der Waals surface area (Å²) in [7, 11) is -4.51. The van der Waals surface area contributed by atoms with Crippen LogP contribution in [0.5, 0.6) is 5.75 Å². The highest BCUT2D eigenvalue weighted by Crippen LogP contribution is 2.48. The number of anilines is 1. The van der Waals surface area contributed by atoms with Crippen LogP contribution in [0.4, 0.5) is 5.82 Å². The molecule has 1 aliphatic heterocycles. The van der Waals surface area contributed by atoms with Gasteiger partial charge in [0.15, 0.2) is 18.0 Å². The number of nitrogens with one attached hydrogen (secondary N) is 2. The second-order valence-electron chi connectivity index (χ2n) is 14.7. The molecule has 0 unspecified atom stereocenters. The third-order valence-corrected chi connectivity index (χ3v) is 10.9. The van der Waals surface area contributed by atoms with Gasteiger partial charge in [-0.05, 0) is 37.1 Å². The van der Waals surface area contributed by atoms with Gasteiger partial charge in [-0.1, -0.05) is 86.4 Å². The van der Waals surface area contributed by atoms with Crippen molar-refractivity contribution < 1.29 is 51.7 Å². The molecule has 1 fully saturated rings. The van der Waals surface area contributed by atoms with Crippen molar-refractivity contribution in [3.63, 3.8) is 0 Å².